The third kappa shape index (κ3) is 4.01. The lowest BCUT2D eigenvalue weighted by molar-refractivity contribution is -0.140. The number of urea groups is 1. The fourth-order valence-corrected chi connectivity index (χ4v) is 1.58. The minimum atomic E-state index is -1.33. The van der Waals surface area contributed by atoms with Crippen LogP contribution in [0.3, 0.4) is 0 Å². The Labute approximate surface area is 112 Å². The van der Waals surface area contributed by atoms with Gasteiger partial charge in [-0.2, -0.15) is 0 Å². The number of aliphatic hydroxyl groups is 1. The highest BCUT2D eigenvalue weighted by atomic mass is 79.9. The number of carboxylic acids is 1. The fraction of sp³-hybridized carbons (Fsp3) is 0.273. The number of aliphatic carboxylic acids is 1. The van der Waals surface area contributed by atoms with E-state index in [-0.39, 0.29) is 0 Å². The van der Waals surface area contributed by atoms with Crippen LogP contribution in [0.5, 0.6) is 0 Å². The summed E-state index contributed by atoms with van der Waals surface area (Å²) in [6, 6.07) is 3.35. The minimum absolute atomic E-state index is 0.523. The standard InChI is InChI=1S/C11H13BrN2O4/c1-6-2-3-7(12)8(4-6)13-11(18)14-9(5-15)10(16)17/h2-4,9,15H,5H2,1H3,(H,16,17)(H2,13,14,18)/t9-/m1/s1. The first-order valence-corrected chi connectivity index (χ1v) is 5.90. The summed E-state index contributed by atoms with van der Waals surface area (Å²) in [4.78, 5) is 22.2. The van der Waals surface area contributed by atoms with Gasteiger partial charge in [0.15, 0.2) is 6.04 Å². The van der Waals surface area contributed by atoms with Crippen LogP contribution >= 0.6 is 15.9 Å². The number of carbonyl (C=O) groups excluding carboxylic acids is 1. The van der Waals surface area contributed by atoms with Crippen LogP contribution in [0.15, 0.2) is 22.7 Å². The van der Waals surface area contributed by atoms with Gasteiger partial charge in [-0.15, -0.1) is 0 Å². The largest absolute Gasteiger partial charge is 0.480 e. The van der Waals surface area contributed by atoms with Crippen molar-refractivity contribution < 1.29 is 19.8 Å². The molecule has 0 aliphatic heterocycles. The first-order valence-electron chi connectivity index (χ1n) is 5.11. The maximum Gasteiger partial charge on any atom is 0.328 e. The molecule has 0 unspecified atom stereocenters. The molecule has 7 heteroatoms. The van der Waals surface area contributed by atoms with E-state index in [1.54, 1.807) is 12.1 Å². The summed E-state index contributed by atoms with van der Waals surface area (Å²) in [7, 11) is 0. The molecule has 4 N–H and O–H groups in total. The molecule has 0 spiro atoms. The molecule has 0 fully saturated rings. The molecule has 1 aromatic carbocycles. The van der Waals surface area contributed by atoms with Gasteiger partial charge in [-0.3, -0.25) is 0 Å². The summed E-state index contributed by atoms with van der Waals surface area (Å²) in [5.41, 5.74) is 1.47. The van der Waals surface area contributed by atoms with Crippen molar-refractivity contribution >= 4 is 33.6 Å². The SMILES string of the molecule is Cc1ccc(Br)c(NC(=O)N[C@H](CO)C(=O)O)c1. The van der Waals surface area contributed by atoms with Crippen LogP contribution in [0.2, 0.25) is 0 Å². The molecule has 6 nitrogen and oxygen atoms in total. The lowest BCUT2D eigenvalue weighted by Gasteiger charge is -2.13. The van der Waals surface area contributed by atoms with Crippen LogP contribution in [0.25, 0.3) is 0 Å². The Morgan fingerprint density at radius 3 is 2.67 bits per heavy atom. The van der Waals surface area contributed by atoms with E-state index in [0.717, 1.165) is 5.56 Å². The number of carboxylic acid groups (broad SMARTS) is 1. The predicted octanol–water partition coefficient (Wildman–Crippen LogP) is 1.32. The average Bonchev–Trinajstić information content (AvgIpc) is 2.30. The molecule has 18 heavy (non-hydrogen) atoms. The third-order valence-corrected chi connectivity index (χ3v) is 2.85. The second-order valence-corrected chi connectivity index (χ2v) is 4.51. The summed E-state index contributed by atoms with van der Waals surface area (Å²) in [5.74, 6) is -1.30. The molecule has 98 valence electrons. The Hall–Kier alpha value is -1.60. The van der Waals surface area contributed by atoms with Crippen molar-refractivity contribution in [2.24, 2.45) is 0 Å². The van der Waals surface area contributed by atoms with Crippen molar-refractivity contribution in [1.29, 1.82) is 0 Å². The van der Waals surface area contributed by atoms with Crippen molar-refractivity contribution in [1.82, 2.24) is 5.32 Å². The molecule has 0 saturated carbocycles. The van der Waals surface area contributed by atoms with Gasteiger partial charge in [0.1, 0.15) is 0 Å². The number of benzene rings is 1. The Morgan fingerprint density at radius 1 is 1.44 bits per heavy atom. The zero-order valence-corrected chi connectivity index (χ0v) is 11.2. The van der Waals surface area contributed by atoms with Gasteiger partial charge >= 0.3 is 12.0 Å². The third-order valence-electron chi connectivity index (χ3n) is 2.16. The smallest absolute Gasteiger partial charge is 0.328 e. The van der Waals surface area contributed by atoms with Crippen molar-refractivity contribution in [3.05, 3.63) is 28.2 Å². The van der Waals surface area contributed by atoms with Gasteiger partial charge in [-0.25, -0.2) is 9.59 Å². The topological polar surface area (TPSA) is 98.7 Å². The monoisotopic (exact) mass is 316 g/mol. The normalized spacial score (nSPS) is 11.7. The number of aryl methyl sites for hydroxylation is 1. The number of rotatable bonds is 4. The summed E-state index contributed by atoms with van der Waals surface area (Å²) >= 11 is 3.26. The van der Waals surface area contributed by atoms with E-state index < -0.39 is 24.6 Å². The van der Waals surface area contributed by atoms with Crippen molar-refractivity contribution in [3.63, 3.8) is 0 Å². The van der Waals surface area contributed by atoms with Crippen LogP contribution in [0.4, 0.5) is 10.5 Å². The van der Waals surface area contributed by atoms with Crippen LogP contribution in [-0.4, -0.2) is 34.9 Å². The van der Waals surface area contributed by atoms with Gasteiger partial charge in [-0.1, -0.05) is 6.07 Å². The highest BCUT2D eigenvalue weighted by Crippen LogP contribution is 2.23. The Bertz CT molecular complexity index is 464. The number of hydrogen-bond acceptors (Lipinski definition) is 3. The van der Waals surface area contributed by atoms with E-state index in [1.165, 1.54) is 0 Å². The number of nitrogens with one attached hydrogen (secondary N) is 2. The lowest BCUT2D eigenvalue weighted by Crippen LogP contribution is -2.45. The lowest BCUT2D eigenvalue weighted by atomic mass is 10.2. The van der Waals surface area contributed by atoms with Crippen LogP contribution < -0.4 is 10.6 Å². The first kappa shape index (κ1) is 14.5. The molecule has 0 aliphatic carbocycles. The minimum Gasteiger partial charge on any atom is -0.480 e. The first-order chi connectivity index (χ1) is 8.43. The van der Waals surface area contributed by atoms with Gasteiger partial charge in [0.05, 0.1) is 12.3 Å². The van der Waals surface area contributed by atoms with E-state index in [9.17, 15) is 9.59 Å². The van der Waals surface area contributed by atoms with Crippen molar-refractivity contribution in [3.8, 4) is 0 Å². The van der Waals surface area contributed by atoms with E-state index in [2.05, 4.69) is 26.6 Å². The molecule has 0 saturated heterocycles. The zero-order chi connectivity index (χ0) is 13.7. The molecule has 0 heterocycles. The van der Waals surface area contributed by atoms with Crippen molar-refractivity contribution in [2.45, 2.75) is 13.0 Å². The highest BCUT2D eigenvalue weighted by molar-refractivity contribution is 9.10. The summed E-state index contributed by atoms with van der Waals surface area (Å²) in [6.07, 6.45) is 0. The molecule has 0 aliphatic rings. The van der Waals surface area contributed by atoms with Gasteiger partial charge in [0.2, 0.25) is 0 Å². The number of hydrogen-bond donors (Lipinski definition) is 4. The van der Waals surface area contributed by atoms with E-state index in [0.29, 0.717) is 10.2 Å². The van der Waals surface area contributed by atoms with Crippen LogP contribution in [-0.2, 0) is 4.79 Å². The van der Waals surface area contributed by atoms with E-state index in [4.69, 9.17) is 10.2 Å². The van der Waals surface area contributed by atoms with Gasteiger partial charge in [-0.05, 0) is 40.5 Å². The summed E-state index contributed by atoms with van der Waals surface area (Å²) < 4.78 is 0.680. The molecular weight excluding hydrogens is 304 g/mol. The Kier molecular flexibility index (Phi) is 5.11. The number of anilines is 1. The average molecular weight is 317 g/mol. The Morgan fingerprint density at radius 2 is 2.11 bits per heavy atom. The molecule has 1 atom stereocenters. The molecule has 0 aromatic heterocycles. The van der Waals surface area contributed by atoms with Gasteiger partial charge in [0, 0.05) is 4.47 Å². The Balaban J connectivity index is 2.70. The molecular formula is C11H13BrN2O4. The summed E-state index contributed by atoms with van der Waals surface area (Å²) in [5, 5.41) is 22.1. The number of aliphatic hydroxyl groups excluding tert-OH is 1. The number of halogens is 1. The van der Waals surface area contributed by atoms with Crippen molar-refractivity contribution in [2.75, 3.05) is 11.9 Å². The summed E-state index contributed by atoms with van der Waals surface area (Å²) in [6.45, 7) is 1.20. The molecule has 0 bridgehead atoms. The highest BCUT2D eigenvalue weighted by Gasteiger charge is 2.18. The van der Waals surface area contributed by atoms with Gasteiger partial charge in [0.25, 0.3) is 0 Å². The molecule has 1 rings (SSSR count). The molecule has 2 amide bonds. The van der Waals surface area contributed by atoms with E-state index >= 15 is 0 Å². The molecule has 0 radical (unpaired) electrons. The quantitative estimate of drug-likeness (QED) is 0.673. The van der Waals surface area contributed by atoms with E-state index in [1.807, 2.05) is 13.0 Å². The number of amides is 2. The molecule has 1 aromatic rings. The van der Waals surface area contributed by atoms with Crippen LogP contribution in [0.1, 0.15) is 5.56 Å². The second-order valence-electron chi connectivity index (χ2n) is 3.66. The second kappa shape index (κ2) is 6.36. The fourth-order valence-electron chi connectivity index (χ4n) is 1.24. The predicted molar refractivity (Wildman–Crippen MR) is 69.5 cm³/mol. The number of carbonyl (C=O) groups is 2. The maximum atomic E-state index is 11.5. The zero-order valence-electron chi connectivity index (χ0n) is 9.61. The van der Waals surface area contributed by atoms with Crippen LogP contribution in [0, 0.1) is 6.92 Å². The maximum absolute atomic E-state index is 11.5. The van der Waals surface area contributed by atoms with Gasteiger partial charge < -0.3 is 20.8 Å².